The van der Waals surface area contributed by atoms with Gasteiger partial charge in [-0.05, 0) is 30.3 Å². The van der Waals surface area contributed by atoms with Crippen molar-refractivity contribution in [2.24, 2.45) is 5.73 Å². The van der Waals surface area contributed by atoms with Crippen molar-refractivity contribution in [1.29, 1.82) is 0 Å². The van der Waals surface area contributed by atoms with E-state index in [0.29, 0.717) is 11.4 Å². The lowest BCUT2D eigenvalue weighted by molar-refractivity contribution is -0.113. The van der Waals surface area contributed by atoms with Gasteiger partial charge in [0, 0.05) is 17.9 Å². The Bertz CT molecular complexity index is 794. The maximum atomic E-state index is 11.4. The molecule has 6 heteroatoms. The molecule has 2 aromatic rings. The van der Waals surface area contributed by atoms with Gasteiger partial charge in [-0.2, -0.15) is 0 Å². The topological polar surface area (TPSA) is 90.1 Å². The van der Waals surface area contributed by atoms with Crippen molar-refractivity contribution in [3.8, 4) is 11.3 Å². The zero-order valence-electron chi connectivity index (χ0n) is 11.4. The Morgan fingerprint density at radius 3 is 2.38 bits per heavy atom. The lowest BCUT2D eigenvalue weighted by Gasteiger charge is -2.03. The first-order valence-corrected chi connectivity index (χ1v) is 8.00. The molecule has 2 rings (SSSR count). The molecule has 0 unspecified atom stereocenters. The minimum absolute atomic E-state index is 0.260. The van der Waals surface area contributed by atoms with Crippen molar-refractivity contribution < 1.29 is 13.2 Å². The van der Waals surface area contributed by atoms with Crippen LogP contribution in [-0.4, -0.2) is 25.6 Å². The first-order valence-electron chi connectivity index (χ1n) is 6.11. The maximum absolute atomic E-state index is 11.4. The summed E-state index contributed by atoms with van der Waals surface area (Å²) in [5.41, 5.74) is 7.10. The van der Waals surface area contributed by atoms with Crippen LogP contribution in [0.4, 0.5) is 0 Å². The van der Waals surface area contributed by atoms with Crippen LogP contribution >= 0.6 is 0 Å². The van der Waals surface area contributed by atoms with E-state index in [9.17, 15) is 13.2 Å². The second kappa shape index (κ2) is 5.88. The minimum Gasteiger partial charge on any atom is -0.366 e. The van der Waals surface area contributed by atoms with E-state index in [2.05, 4.69) is 4.98 Å². The fourth-order valence-corrected chi connectivity index (χ4v) is 2.38. The van der Waals surface area contributed by atoms with Crippen LogP contribution in [0.5, 0.6) is 0 Å². The average Bonchev–Trinajstić information content (AvgIpc) is 2.45. The van der Waals surface area contributed by atoms with Crippen molar-refractivity contribution >= 4 is 21.8 Å². The van der Waals surface area contributed by atoms with E-state index in [1.165, 1.54) is 24.3 Å². The maximum Gasteiger partial charge on any atom is 0.241 e. The fraction of sp³-hybridized carbons (Fsp3) is 0.0667. The van der Waals surface area contributed by atoms with Crippen LogP contribution in [0.1, 0.15) is 5.69 Å². The first-order chi connectivity index (χ1) is 9.86. The Morgan fingerprint density at radius 1 is 1.14 bits per heavy atom. The third kappa shape index (κ3) is 4.00. The third-order valence-corrected chi connectivity index (χ3v) is 3.90. The van der Waals surface area contributed by atoms with Gasteiger partial charge in [0.25, 0.3) is 0 Å². The molecule has 0 bridgehead atoms. The number of amides is 1. The fourth-order valence-electron chi connectivity index (χ4n) is 1.75. The molecular weight excluding hydrogens is 288 g/mol. The predicted molar refractivity (Wildman–Crippen MR) is 81.0 cm³/mol. The van der Waals surface area contributed by atoms with Crippen molar-refractivity contribution in [2.45, 2.75) is 4.90 Å². The summed E-state index contributed by atoms with van der Waals surface area (Å²) >= 11 is 0. The van der Waals surface area contributed by atoms with Gasteiger partial charge in [-0.1, -0.05) is 18.2 Å². The minimum atomic E-state index is -3.21. The predicted octanol–water partition coefficient (Wildman–Crippen LogP) is 1.65. The van der Waals surface area contributed by atoms with Gasteiger partial charge >= 0.3 is 0 Å². The van der Waals surface area contributed by atoms with Crippen LogP contribution in [0.2, 0.25) is 0 Å². The molecular formula is C15H14N2O3S. The summed E-state index contributed by atoms with van der Waals surface area (Å²) in [6, 6.07) is 11.8. The average molecular weight is 302 g/mol. The molecule has 1 aromatic carbocycles. The summed E-state index contributed by atoms with van der Waals surface area (Å²) < 4.78 is 22.8. The zero-order chi connectivity index (χ0) is 15.5. The van der Waals surface area contributed by atoms with Gasteiger partial charge < -0.3 is 5.73 Å². The molecule has 0 saturated heterocycles. The number of carbonyl (C=O) groups is 1. The number of primary amides is 1. The lowest BCUT2D eigenvalue weighted by Crippen LogP contribution is -2.05. The molecule has 1 amide bonds. The lowest BCUT2D eigenvalue weighted by atomic mass is 10.1. The number of benzene rings is 1. The largest absolute Gasteiger partial charge is 0.366 e. The Labute approximate surface area is 123 Å². The molecule has 0 aliphatic rings. The molecule has 2 N–H and O–H groups in total. The summed E-state index contributed by atoms with van der Waals surface area (Å²) in [5, 5.41) is 0. The highest BCUT2D eigenvalue weighted by molar-refractivity contribution is 7.90. The molecule has 0 spiro atoms. The molecule has 1 aromatic heterocycles. The highest BCUT2D eigenvalue weighted by atomic mass is 32.2. The summed E-state index contributed by atoms with van der Waals surface area (Å²) in [6.45, 7) is 0. The van der Waals surface area contributed by atoms with E-state index in [4.69, 9.17) is 5.73 Å². The van der Waals surface area contributed by atoms with E-state index in [1.54, 1.807) is 30.3 Å². The number of hydrogen-bond acceptors (Lipinski definition) is 4. The summed E-state index contributed by atoms with van der Waals surface area (Å²) in [5.74, 6) is -0.542. The molecule has 0 aliphatic heterocycles. The number of pyridine rings is 1. The molecule has 0 radical (unpaired) electrons. The van der Waals surface area contributed by atoms with Gasteiger partial charge in [0.1, 0.15) is 0 Å². The van der Waals surface area contributed by atoms with Crippen LogP contribution < -0.4 is 5.73 Å². The normalized spacial score (nSPS) is 11.7. The number of carbonyl (C=O) groups excluding carboxylic acids is 1. The quantitative estimate of drug-likeness (QED) is 0.869. The SMILES string of the molecule is CS(=O)(=O)c1ccc(-c2cccc(/C=C\C(N)=O)n2)cc1. The number of rotatable bonds is 4. The molecule has 108 valence electrons. The molecule has 1 heterocycles. The highest BCUT2D eigenvalue weighted by Crippen LogP contribution is 2.20. The number of nitrogens with zero attached hydrogens (tertiary/aromatic N) is 1. The second-order valence-electron chi connectivity index (χ2n) is 4.48. The van der Waals surface area contributed by atoms with Crippen molar-refractivity contribution in [2.75, 3.05) is 6.26 Å². The third-order valence-electron chi connectivity index (χ3n) is 2.77. The van der Waals surface area contributed by atoms with E-state index < -0.39 is 15.7 Å². The number of hydrogen-bond donors (Lipinski definition) is 1. The molecule has 0 aliphatic carbocycles. The van der Waals surface area contributed by atoms with Crippen LogP contribution in [0.25, 0.3) is 17.3 Å². The second-order valence-corrected chi connectivity index (χ2v) is 6.50. The monoisotopic (exact) mass is 302 g/mol. The van der Waals surface area contributed by atoms with Gasteiger partial charge in [0.15, 0.2) is 9.84 Å². The van der Waals surface area contributed by atoms with Gasteiger partial charge in [-0.3, -0.25) is 4.79 Å². The van der Waals surface area contributed by atoms with Crippen LogP contribution in [0.3, 0.4) is 0 Å². The van der Waals surface area contributed by atoms with Crippen molar-refractivity contribution in [1.82, 2.24) is 4.98 Å². The Balaban J connectivity index is 2.34. The summed E-state index contributed by atoms with van der Waals surface area (Å²) in [6.07, 6.45) is 3.92. The van der Waals surface area contributed by atoms with E-state index in [0.717, 1.165) is 11.8 Å². The molecule has 0 atom stereocenters. The summed E-state index contributed by atoms with van der Waals surface area (Å²) in [4.78, 5) is 15.3. The molecule has 21 heavy (non-hydrogen) atoms. The van der Waals surface area contributed by atoms with Gasteiger partial charge in [0.2, 0.25) is 5.91 Å². The van der Waals surface area contributed by atoms with E-state index in [-0.39, 0.29) is 4.90 Å². The molecule has 0 fully saturated rings. The molecule has 0 saturated carbocycles. The standard InChI is InChI=1S/C15H14N2O3S/c1-21(19,20)13-8-5-11(6-9-13)14-4-2-3-12(17-14)7-10-15(16)18/h2-10H,1H3,(H2,16,18)/b10-7-. The first kappa shape index (κ1) is 14.9. The van der Waals surface area contributed by atoms with Gasteiger partial charge in [0.05, 0.1) is 16.3 Å². The number of nitrogens with two attached hydrogens (primary N) is 1. The van der Waals surface area contributed by atoms with Crippen molar-refractivity contribution in [3.63, 3.8) is 0 Å². The Morgan fingerprint density at radius 2 is 1.81 bits per heavy atom. The number of sulfone groups is 1. The van der Waals surface area contributed by atoms with Crippen LogP contribution in [0.15, 0.2) is 53.4 Å². The van der Waals surface area contributed by atoms with Crippen LogP contribution in [-0.2, 0) is 14.6 Å². The van der Waals surface area contributed by atoms with E-state index >= 15 is 0 Å². The molecule has 5 nitrogen and oxygen atoms in total. The van der Waals surface area contributed by atoms with Crippen LogP contribution in [0, 0.1) is 0 Å². The summed E-state index contributed by atoms with van der Waals surface area (Å²) in [7, 11) is -3.21. The Hall–Kier alpha value is -2.47. The van der Waals surface area contributed by atoms with Gasteiger partial charge in [-0.25, -0.2) is 13.4 Å². The zero-order valence-corrected chi connectivity index (χ0v) is 12.2. The number of aromatic nitrogens is 1. The van der Waals surface area contributed by atoms with Gasteiger partial charge in [-0.15, -0.1) is 0 Å². The Kier molecular flexibility index (Phi) is 4.18. The van der Waals surface area contributed by atoms with Crippen molar-refractivity contribution in [3.05, 3.63) is 54.2 Å². The highest BCUT2D eigenvalue weighted by Gasteiger charge is 2.07. The smallest absolute Gasteiger partial charge is 0.241 e. The van der Waals surface area contributed by atoms with E-state index in [1.807, 2.05) is 0 Å².